The van der Waals surface area contributed by atoms with Gasteiger partial charge in [-0.1, -0.05) is 40.2 Å². The van der Waals surface area contributed by atoms with E-state index in [-0.39, 0.29) is 5.60 Å². The number of rotatable bonds is 3. The summed E-state index contributed by atoms with van der Waals surface area (Å²) in [5.41, 5.74) is 2.96. The van der Waals surface area contributed by atoms with E-state index in [9.17, 15) is 0 Å². The van der Waals surface area contributed by atoms with E-state index in [1.54, 1.807) is 0 Å². The van der Waals surface area contributed by atoms with E-state index < -0.39 is 0 Å². The van der Waals surface area contributed by atoms with Gasteiger partial charge in [-0.25, -0.2) is 0 Å². The molecule has 1 aromatic rings. The Hall–Kier alpha value is -0.340. The maximum Gasteiger partial charge on any atom is 0.0598 e. The van der Waals surface area contributed by atoms with Crippen LogP contribution in [0.1, 0.15) is 49.6 Å². The fourth-order valence-corrected chi connectivity index (χ4v) is 3.55. The standard InChI is InChI=1S/C16H23BrO/c1-16(2,3)18-11-10-13-9-8-12-6-4-5-7-14(12)15(13)17/h4-7,13,15H,8-11H2,1-3H3. The van der Waals surface area contributed by atoms with E-state index in [0.717, 1.165) is 13.0 Å². The number of aryl methyl sites for hydroxylation is 1. The lowest BCUT2D eigenvalue weighted by Gasteiger charge is -2.31. The van der Waals surface area contributed by atoms with E-state index >= 15 is 0 Å². The molecule has 0 N–H and O–H groups in total. The molecule has 100 valence electrons. The van der Waals surface area contributed by atoms with Gasteiger partial charge in [0, 0.05) is 11.4 Å². The summed E-state index contributed by atoms with van der Waals surface area (Å²) in [6, 6.07) is 8.79. The van der Waals surface area contributed by atoms with E-state index in [4.69, 9.17) is 4.74 Å². The molecule has 0 saturated heterocycles. The van der Waals surface area contributed by atoms with Crippen molar-refractivity contribution < 1.29 is 4.74 Å². The molecule has 18 heavy (non-hydrogen) atoms. The average molecular weight is 311 g/mol. The van der Waals surface area contributed by atoms with Crippen LogP contribution in [0.25, 0.3) is 0 Å². The molecule has 2 heteroatoms. The molecule has 0 aromatic heterocycles. The van der Waals surface area contributed by atoms with Crippen molar-refractivity contribution in [2.24, 2.45) is 5.92 Å². The second-order valence-electron chi connectivity index (χ2n) is 6.15. The summed E-state index contributed by atoms with van der Waals surface area (Å²) in [7, 11) is 0. The van der Waals surface area contributed by atoms with Crippen molar-refractivity contribution in [1.82, 2.24) is 0 Å². The highest BCUT2D eigenvalue weighted by atomic mass is 79.9. The molecule has 1 nitrogen and oxygen atoms in total. The summed E-state index contributed by atoms with van der Waals surface area (Å²) in [5, 5.41) is 0. The van der Waals surface area contributed by atoms with Gasteiger partial charge in [-0.05, 0) is 57.1 Å². The Morgan fingerprint density at radius 1 is 1.28 bits per heavy atom. The van der Waals surface area contributed by atoms with Gasteiger partial charge in [0.1, 0.15) is 0 Å². The maximum absolute atomic E-state index is 5.85. The van der Waals surface area contributed by atoms with Crippen LogP contribution in [0.5, 0.6) is 0 Å². The van der Waals surface area contributed by atoms with Crippen molar-refractivity contribution in [1.29, 1.82) is 0 Å². The highest BCUT2D eigenvalue weighted by Gasteiger charge is 2.27. The molecular formula is C16H23BrO. The van der Waals surface area contributed by atoms with Crippen molar-refractivity contribution in [3.8, 4) is 0 Å². The molecule has 1 aromatic carbocycles. The largest absolute Gasteiger partial charge is 0.376 e. The second-order valence-corrected chi connectivity index (χ2v) is 7.14. The smallest absolute Gasteiger partial charge is 0.0598 e. The predicted octanol–water partition coefficient (Wildman–Crippen LogP) is 4.89. The van der Waals surface area contributed by atoms with Gasteiger partial charge in [0.25, 0.3) is 0 Å². The van der Waals surface area contributed by atoms with E-state index in [2.05, 4.69) is 61.0 Å². The Labute approximate surface area is 119 Å². The number of alkyl halides is 1. The molecule has 1 aliphatic rings. The molecule has 2 atom stereocenters. The van der Waals surface area contributed by atoms with Gasteiger partial charge in [0.15, 0.2) is 0 Å². The van der Waals surface area contributed by atoms with Crippen LogP contribution < -0.4 is 0 Å². The van der Waals surface area contributed by atoms with Crippen molar-refractivity contribution in [2.45, 2.75) is 50.5 Å². The molecule has 2 unspecified atom stereocenters. The highest BCUT2D eigenvalue weighted by molar-refractivity contribution is 9.09. The highest BCUT2D eigenvalue weighted by Crippen LogP contribution is 2.42. The minimum Gasteiger partial charge on any atom is -0.376 e. The molecule has 0 fully saturated rings. The summed E-state index contributed by atoms with van der Waals surface area (Å²) in [5.74, 6) is 0.697. The zero-order valence-electron chi connectivity index (χ0n) is 11.6. The first-order valence-electron chi connectivity index (χ1n) is 6.83. The second kappa shape index (κ2) is 5.75. The number of ether oxygens (including phenoxy) is 1. The monoisotopic (exact) mass is 310 g/mol. The minimum absolute atomic E-state index is 0.0195. The summed E-state index contributed by atoms with van der Waals surface area (Å²) >= 11 is 3.88. The average Bonchev–Trinajstić information content (AvgIpc) is 2.31. The molecule has 0 spiro atoms. The lowest BCUT2D eigenvalue weighted by atomic mass is 9.82. The fraction of sp³-hybridized carbons (Fsp3) is 0.625. The first-order valence-corrected chi connectivity index (χ1v) is 7.75. The van der Waals surface area contributed by atoms with Crippen LogP contribution in [0, 0.1) is 5.92 Å². The summed E-state index contributed by atoms with van der Waals surface area (Å²) < 4.78 is 5.85. The zero-order valence-corrected chi connectivity index (χ0v) is 13.2. The number of hydrogen-bond acceptors (Lipinski definition) is 1. The van der Waals surface area contributed by atoms with Crippen molar-refractivity contribution in [3.63, 3.8) is 0 Å². The lowest BCUT2D eigenvalue weighted by Crippen LogP contribution is -2.23. The molecule has 2 rings (SSSR count). The van der Waals surface area contributed by atoms with Crippen molar-refractivity contribution >= 4 is 15.9 Å². The number of fused-ring (bicyclic) bond motifs is 1. The van der Waals surface area contributed by atoms with Gasteiger partial charge in [0.2, 0.25) is 0 Å². The first kappa shape index (κ1) is 14.1. The van der Waals surface area contributed by atoms with E-state index in [1.807, 2.05) is 0 Å². The quantitative estimate of drug-likeness (QED) is 0.722. The molecule has 0 radical (unpaired) electrons. The number of halogens is 1. The normalized spacial score (nSPS) is 23.8. The summed E-state index contributed by atoms with van der Waals surface area (Å²) in [6.07, 6.45) is 3.61. The van der Waals surface area contributed by atoms with Gasteiger partial charge in [-0.3, -0.25) is 0 Å². The summed E-state index contributed by atoms with van der Waals surface area (Å²) in [4.78, 5) is 0.492. The van der Waals surface area contributed by atoms with E-state index in [0.29, 0.717) is 10.7 Å². The Kier molecular flexibility index (Phi) is 4.50. The molecular weight excluding hydrogens is 288 g/mol. The topological polar surface area (TPSA) is 9.23 Å². The van der Waals surface area contributed by atoms with Gasteiger partial charge in [-0.2, -0.15) is 0 Å². The molecule has 0 saturated carbocycles. The lowest BCUT2D eigenvalue weighted by molar-refractivity contribution is -0.00990. The third kappa shape index (κ3) is 3.58. The Morgan fingerprint density at radius 2 is 2.00 bits per heavy atom. The molecule has 1 aliphatic carbocycles. The third-order valence-corrected chi connectivity index (χ3v) is 4.82. The molecule has 0 amide bonds. The molecule has 0 bridgehead atoms. The maximum atomic E-state index is 5.85. The van der Waals surface area contributed by atoms with Gasteiger partial charge in [-0.15, -0.1) is 0 Å². The van der Waals surface area contributed by atoms with Crippen molar-refractivity contribution in [3.05, 3.63) is 35.4 Å². The Bertz CT molecular complexity index is 394. The van der Waals surface area contributed by atoms with Gasteiger partial charge in [0.05, 0.1) is 5.60 Å². The fourth-order valence-electron chi connectivity index (χ4n) is 2.58. The number of hydrogen-bond donors (Lipinski definition) is 0. The van der Waals surface area contributed by atoms with Crippen LogP contribution in [-0.2, 0) is 11.2 Å². The van der Waals surface area contributed by atoms with E-state index in [1.165, 1.54) is 24.0 Å². The summed E-state index contributed by atoms with van der Waals surface area (Å²) in [6.45, 7) is 7.22. The van der Waals surface area contributed by atoms with Gasteiger partial charge >= 0.3 is 0 Å². The minimum atomic E-state index is -0.0195. The van der Waals surface area contributed by atoms with Gasteiger partial charge < -0.3 is 4.74 Å². The van der Waals surface area contributed by atoms with Crippen LogP contribution in [0.15, 0.2) is 24.3 Å². The zero-order chi connectivity index (χ0) is 13.2. The van der Waals surface area contributed by atoms with Crippen LogP contribution in [0.3, 0.4) is 0 Å². The number of benzene rings is 1. The van der Waals surface area contributed by atoms with Crippen LogP contribution in [0.4, 0.5) is 0 Å². The van der Waals surface area contributed by atoms with Crippen LogP contribution in [0.2, 0.25) is 0 Å². The Balaban J connectivity index is 1.93. The molecule has 0 heterocycles. The SMILES string of the molecule is CC(C)(C)OCCC1CCc2ccccc2C1Br. The predicted molar refractivity (Wildman–Crippen MR) is 80.2 cm³/mol. The first-order chi connectivity index (χ1) is 8.47. The third-order valence-electron chi connectivity index (χ3n) is 3.57. The Morgan fingerprint density at radius 3 is 2.72 bits per heavy atom. The molecule has 0 aliphatic heterocycles. The van der Waals surface area contributed by atoms with Crippen molar-refractivity contribution in [2.75, 3.05) is 6.61 Å². The van der Waals surface area contributed by atoms with Crippen LogP contribution in [-0.4, -0.2) is 12.2 Å². The van der Waals surface area contributed by atoms with Crippen LogP contribution >= 0.6 is 15.9 Å².